The lowest BCUT2D eigenvalue weighted by molar-refractivity contribution is 0.0469. The number of likely N-dealkylation sites (tertiary alicyclic amines) is 1. The maximum atomic E-state index is 13.5. The lowest BCUT2D eigenvalue weighted by Crippen LogP contribution is -2.50. The molecule has 0 radical (unpaired) electrons. The number of aliphatic hydroxyl groups is 1. The highest BCUT2D eigenvalue weighted by Gasteiger charge is 2.41. The molecule has 5 nitrogen and oxygen atoms in total. The second-order valence-electron chi connectivity index (χ2n) is 8.32. The van der Waals surface area contributed by atoms with E-state index in [1.165, 1.54) is 5.56 Å². The number of nitrogens with zero attached hydrogens (tertiary/aromatic N) is 3. The maximum Gasteiger partial charge on any atom is 0.272 e. The largest absolute Gasteiger partial charge is 0.395 e. The summed E-state index contributed by atoms with van der Waals surface area (Å²) in [5.74, 6) is 0.547. The van der Waals surface area contributed by atoms with Gasteiger partial charge in [-0.3, -0.25) is 9.78 Å². The van der Waals surface area contributed by atoms with Gasteiger partial charge in [-0.15, -0.1) is 0 Å². The second kappa shape index (κ2) is 9.51. The Labute approximate surface area is 173 Å². The van der Waals surface area contributed by atoms with E-state index in [-0.39, 0.29) is 18.6 Å². The fourth-order valence-electron chi connectivity index (χ4n) is 4.61. The highest BCUT2D eigenvalue weighted by Crippen LogP contribution is 2.36. The van der Waals surface area contributed by atoms with Gasteiger partial charge >= 0.3 is 0 Å². The van der Waals surface area contributed by atoms with Gasteiger partial charge < -0.3 is 14.9 Å². The van der Waals surface area contributed by atoms with Crippen LogP contribution in [0.25, 0.3) is 0 Å². The number of carbonyl (C=O) groups excluding carboxylic acids is 1. The quantitative estimate of drug-likeness (QED) is 0.749. The summed E-state index contributed by atoms with van der Waals surface area (Å²) in [4.78, 5) is 22.3. The van der Waals surface area contributed by atoms with E-state index in [4.69, 9.17) is 0 Å². The summed E-state index contributed by atoms with van der Waals surface area (Å²) in [6.45, 7) is 2.94. The van der Waals surface area contributed by atoms with Crippen LogP contribution in [0.5, 0.6) is 0 Å². The lowest BCUT2D eigenvalue weighted by atomic mass is 9.84. The van der Waals surface area contributed by atoms with Crippen molar-refractivity contribution in [1.29, 1.82) is 0 Å². The van der Waals surface area contributed by atoms with Crippen molar-refractivity contribution in [2.75, 3.05) is 26.2 Å². The molecule has 0 spiro atoms. The number of aliphatic hydroxyl groups excluding tert-OH is 1. The summed E-state index contributed by atoms with van der Waals surface area (Å²) in [5.41, 5.74) is 1.84. The molecule has 2 fully saturated rings. The van der Waals surface area contributed by atoms with E-state index < -0.39 is 0 Å². The summed E-state index contributed by atoms with van der Waals surface area (Å²) >= 11 is 0. The van der Waals surface area contributed by atoms with E-state index in [1.807, 2.05) is 24.3 Å². The molecule has 1 aromatic heterocycles. The van der Waals surface area contributed by atoms with Gasteiger partial charge in [0.1, 0.15) is 5.69 Å². The van der Waals surface area contributed by atoms with E-state index in [0.717, 1.165) is 51.7 Å². The number of carbonyl (C=O) groups is 1. The Morgan fingerprint density at radius 1 is 1.07 bits per heavy atom. The molecule has 154 valence electrons. The van der Waals surface area contributed by atoms with Crippen LogP contribution in [0.1, 0.15) is 41.7 Å². The molecule has 1 aliphatic carbocycles. The van der Waals surface area contributed by atoms with E-state index >= 15 is 0 Å². The van der Waals surface area contributed by atoms with Gasteiger partial charge in [-0.25, -0.2) is 0 Å². The minimum Gasteiger partial charge on any atom is -0.395 e. The molecular weight excluding hydrogens is 362 g/mol. The third kappa shape index (κ3) is 5.03. The molecule has 1 atom stereocenters. The number of aromatic nitrogens is 1. The number of β-amino-alcohol motifs (C(OH)–C–C–N with tert-alkyl or cyclic N) is 1. The van der Waals surface area contributed by atoms with Gasteiger partial charge in [-0.05, 0) is 68.8 Å². The number of pyridine rings is 1. The Morgan fingerprint density at radius 2 is 1.79 bits per heavy atom. The summed E-state index contributed by atoms with van der Waals surface area (Å²) in [6.07, 6.45) is 6.91. The van der Waals surface area contributed by atoms with E-state index in [9.17, 15) is 9.90 Å². The first-order valence-electron chi connectivity index (χ1n) is 10.9. The van der Waals surface area contributed by atoms with Crippen LogP contribution in [0.15, 0.2) is 54.7 Å². The average molecular weight is 394 g/mol. The van der Waals surface area contributed by atoms with Gasteiger partial charge in [0.25, 0.3) is 5.91 Å². The van der Waals surface area contributed by atoms with Gasteiger partial charge in [0, 0.05) is 24.8 Å². The Morgan fingerprint density at radius 3 is 2.41 bits per heavy atom. The van der Waals surface area contributed by atoms with E-state index in [0.29, 0.717) is 17.7 Å². The Hall–Kier alpha value is -2.24. The summed E-state index contributed by atoms with van der Waals surface area (Å²) in [7, 11) is 0. The highest BCUT2D eigenvalue weighted by atomic mass is 16.3. The molecule has 1 unspecified atom stereocenters. The van der Waals surface area contributed by atoms with Gasteiger partial charge in [0.2, 0.25) is 0 Å². The van der Waals surface area contributed by atoms with Gasteiger partial charge in [-0.1, -0.05) is 36.4 Å². The fraction of sp³-hybridized carbons (Fsp3) is 0.500. The monoisotopic (exact) mass is 393 g/mol. The third-order valence-electron chi connectivity index (χ3n) is 6.30. The zero-order valence-electron chi connectivity index (χ0n) is 17.0. The van der Waals surface area contributed by atoms with E-state index in [2.05, 4.69) is 39.0 Å². The predicted octanol–water partition coefficient (Wildman–Crippen LogP) is 3.00. The first-order chi connectivity index (χ1) is 14.3. The van der Waals surface area contributed by atoms with Crippen molar-refractivity contribution in [3.8, 4) is 0 Å². The fourth-order valence-corrected chi connectivity index (χ4v) is 4.61. The van der Waals surface area contributed by atoms with Crippen molar-refractivity contribution in [2.45, 2.75) is 44.2 Å². The van der Waals surface area contributed by atoms with Crippen molar-refractivity contribution in [3.05, 3.63) is 66.0 Å². The Kier molecular flexibility index (Phi) is 6.57. The molecule has 0 bridgehead atoms. The zero-order valence-corrected chi connectivity index (χ0v) is 17.0. The van der Waals surface area contributed by atoms with Gasteiger partial charge in [0.15, 0.2) is 0 Å². The number of hydrogen-bond acceptors (Lipinski definition) is 4. The van der Waals surface area contributed by atoms with Crippen molar-refractivity contribution in [1.82, 2.24) is 14.8 Å². The molecule has 5 heteroatoms. The highest BCUT2D eigenvalue weighted by molar-refractivity contribution is 5.93. The van der Waals surface area contributed by atoms with Gasteiger partial charge in [0.05, 0.1) is 6.61 Å². The Bertz CT molecular complexity index is 771. The van der Waals surface area contributed by atoms with Crippen LogP contribution < -0.4 is 0 Å². The topological polar surface area (TPSA) is 56.7 Å². The van der Waals surface area contributed by atoms with Gasteiger partial charge in [-0.2, -0.15) is 0 Å². The minimum atomic E-state index is 0.0758. The van der Waals surface area contributed by atoms with E-state index in [1.54, 1.807) is 6.20 Å². The van der Waals surface area contributed by atoms with Crippen LogP contribution in [-0.2, 0) is 6.42 Å². The summed E-state index contributed by atoms with van der Waals surface area (Å²) in [5, 5.41) is 9.26. The summed E-state index contributed by atoms with van der Waals surface area (Å²) < 4.78 is 0. The molecule has 2 aromatic rings. The summed E-state index contributed by atoms with van der Waals surface area (Å²) in [6, 6.07) is 16.7. The van der Waals surface area contributed by atoms with Crippen LogP contribution in [-0.4, -0.2) is 64.1 Å². The number of piperidine rings is 1. The van der Waals surface area contributed by atoms with Crippen molar-refractivity contribution < 1.29 is 9.90 Å². The minimum absolute atomic E-state index is 0.0758. The third-order valence-corrected chi connectivity index (χ3v) is 6.30. The average Bonchev–Trinajstić information content (AvgIpc) is 3.60. The zero-order chi connectivity index (χ0) is 20.1. The Balaban J connectivity index is 1.58. The SMILES string of the molecule is O=C(c1ccccn1)N(C1CC1)C(Cc1ccccc1)C1CCN(CCO)CC1. The number of benzene rings is 1. The van der Waals surface area contributed by atoms with Crippen molar-refractivity contribution in [3.63, 3.8) is 0 Å². The smallest absolute Gasteiger partial charge is 0.272 e. The maximum absolute atomic E-state index is 13.5. The molecule has 2 heterocycles. The molecule has 1 amide bonds. The molecule has 1 aromatic carbocycles. The standard InChI is InChI=1S/C24H31N3O2/c28-17-16-26-14-11-20(12-15-26)23(18-19-6-2-1-3-7-19)27(21-9-10-21)24(29)22-8-4-5-13-25-22/h1-8,13,20-21,23,28H,9-12,14-18H2. The lowest BCUT2D eigenvalue weighted by Gasteiger charge is -2.41. The van der Waals surface area contributed by atoms with Crippen LogP contribution in [0.2, 0.25) is 0 Å². The van der Waals surface area contributed by atoms with Crippen LogP contribution in [0, 0.1) is 5.92 Å². The molecule has 4 rings (SSSR count). The van der Waals surface area contributed by atoms with Crippen LogP contribution in [0.4, 0.5) is 0 Å². The number of rotatable bonds is 8. The predicted molar refractivity (Wildman–Crippen MR) is 114 cm³/mol. The molecule has 29 heavy (non-hydrogen) atoms. The first kappa shape index (κ1) is 20.0. The molecule has 2 aliphatic rings. The second-order valence-corrected chi connectivity index (χ2v) is 8.32. The molecular formula is C24H31N3O2. The van der Waals surface area contributed by atoms with Crippen LogP contribution in [0.3, 0.4) is 0 Å². The van der Waals surface area contributed by atoms with Crippen LogP contribution >= 0.6 is 0 Å². The molecule has 1 aliphatic heterocycles. The molecule has 1 saturated carbocycles. The molecule has 1 saturated heterocycles. The number of hydrogen-bond donors (Lipinski definition) is 1. The number of amides is 1. The molecule has 1 N–H and O–H groups in total. The normalized spacial score (nSPS) is 19.1. The first-order valence-corrected chi connectivity index (χ1v) is 10.9. The van der Waals surface area contributed by atoms with Crippen molar-refractivity contribution >= 4 is 5.91 Å². The van der Waals surface area contributed by atoms with Crippen molar-refractivity contribution in [2.24, 2.45) is 5.92 Å².